The van der Waals surface area contributed by atoms with Crippen molar-refractivity contribution in [2.45, 2.75) is 49.7 Å². The van der Waals surface area contributed by atoms with E-state index in [4.69, 9.17) is 10.5 Å². The van der Waals surface area contributed by atoms with Crippen molar-refractivity contribution >= 4 is 11.9 Å². The smallest absolute Gasteiger partial charge is 0.405 e. The average Bonchev–Trinajstić information content (AvgIpc) is 2.69. The van der Waals surface area contributed by atoms with Crippen molar-refractivity contribution in [2.24, 2.45) is 5.73 Å². The number of carbonyl (C=O) groups excluding carboxylic acids is 2. The monoisotopic (exact) mass is 367 g/mol. The first kappa shape index (κ1) is 19.1. The second kappa shape index (κ2) is 7.92. The van der Waals surface area contributed by atoms with E-state index in [2.05, 4.69) is 0 Å². The molecule has 0 spiro atoms. The molecule has 2 aromatic carbocycles. The maximum atomic E-state index is 13.2. The first-order chi connectivity index (χ1) is 13.0. The minimum absolute atomic E-state index is 0.239. The Morgan fingerprint density at radius 1 is 0.963 bits per heavy atom. The van der Waals surface area contributed by atoms with Crippen LogP contribution in [-0.4, -0.2) is 28.2 Å². The number of aryl methyl sites for hydroxylation is 1. The highest BCUT2D eigenvalue weighted by Crippen LogP contribution is 2.45. The van der Waals surface area contributed by atoms with Gasteiger partial charge in [0.1, 0.15) is 0 Å². The molecule has 27 heavy (non-hydrogen) atoms. The first-order valence-corrected chi connectivity index (χ1v) is 9.31. The van der Waals surface area contributed by atoms with E-state index in [9.17, 15) is 14.7 Å². The molecule has 0 aliphatic heterocycles. The van der Waals surface area contributed by atoms with Crippen LogP contribution in [0.3, 0.4) is 0 Å². The molecule has 0 bridgehead atoms. The van der Waals surface area contributed by atoms with Gasteiger partial charge in [0, 0.05) is 5.56 Å². The number of rotatable bonds is 6. The van der Waals surface area contributed by atoms with Gasteiger partial charge in [-0.2, -0.15) is 0 Å². The Hall–Kier alpha value is -2.66. The Morgan fingerprint density at radius 3 is 2.19 bits per heavy atom. The quantitative estimate of drug-likeness (QED) is 0.763. The van der Waals surface area contributed by atoms with E-state index in [0.717, 1.165) is 12.0 Å². The highest BCUT2D eigenvalue weighted by molar-refractivity contribution is 6.03. The van der Waals surface area contributed by atoms with Crippen LogP contribution in [0.1, 0.15) is 48.0 Å². The van der Waals surface area contributed by atoms with Gasteiger partial charge in [-0.25, -0.2) is 4.79 Å². The first-order valence-electron chi connectivity index (χ1n) is 9.31. The zero-order chi connectivity index (χ0) is 19.3. The van der Waals surface area contributed by atoms with Crippen LogP contribution in [0.4, 0.5) is 4.79 Å². The number of hydrogen-bond donors (Lipinski definition) is 2. The van der Waals surface area contributed by atoms with Gasteiger partial charge in [-0.3, -0.25) is 4.79 Å². The fourth-order valence-corrected chi connectivity index (χ4v) is 4.08. The second-order valence-electron chi connectivity index (χ2n) is 7.16. The molecule has 1 saturated carbocycles. The van der Waals surface area contributed by atoms with E-state index in [0.29, 0.717) is 31.2 Å². The summed E-state index contributed by atoms with van der Waals surface area (Å²) in [6.45, 7) is 0. The van der Waals surface area contributed by atoms with Crippen LogP contribution in [0.5, 0.6) is 0 Å². The highest BCUT2D eigenvalue weighted by Gasteiger charge is 2.58. The van der Waals surface area contributed by atoms with E-state index >= 15 is 0 Å². The molecular formula is C22H25NO4. The Bertz CT molecular complexity index is 792. The van der Waals surface area contributed by atoms with E-state index in [1.807, 2.05) is 36.4 Å². The van der Waals surface area contributed by atoms with Crippen molar-refractivity contribution < 1.29 is 19.4 Å². The SMILES string of the molecule is NC(=O)OC1(CCc2ccccc2)CCCCC1(O)C(=O)c1ccccc1. The summed E-state index contributed by atoms with van der Waals surface area (Å²) in [6, 6.07) is 18.4. The Morgan fingerprint density at radius 2 is 1.56 bits per heavy atom. The van der Waals surface area contributed by atoms with Crippen LogP contribution in [0.2, 0.25) is 0 Å². The molecule has 2 unspecified atom stereocenters. The molecule has 3 N–H and O–H groups in total. The van der Waals surface area contributed by atoms with Crippen LogP contribution < -0.4 is 5.73 Å². The molecule has 0 heterocycles. The molecule has 1 aliphatic rings. The van der Waals surface area contributed by atoms with Gasteiger partial charge in [0.2, 0.25) is 0 Å². The van der Waals surface area contributed by atoms with Crippen molar-refractivity contribution in [3.8, 4) is 0 Å². The van der Waals surface area contributed by atoms with Crippen LogP contribution in [-0.2, 0) is 11.2 Å². The fourth-order valence-electron chi connectivity index (χ4n) is 4.08. The van der Waals surface area contributed by atoms with Gasteiger partial charge >= 0.3 is 6.09 Å². The lowest BCUT2D eigenvalue weighted by atomic mass is 9.66. The molecule has 5 heteroatoms. The molecule has 0 radical (unpaired) electrons. The Kier molecular flexibility index (Phi) is 5.61. The largest absolute Gasteiger partial charge is 0.439 e. The molecule has 0 saturated heterocycles. The van der Waals surface area contributed by atoms with E-state index in [-0.39, 0.29) is 6.42 Å². The summed E-state index contributed by atoms with van der Waals surface area (Å²) < 4.78 is 5.53. The van der Waals surface area contributed by atoms with Crippen molar-refractivity contribution in [1.82, 2.24) is 0 Å². The number of hydrogen-bond acceptors (Lipinski definition) is 4. The van der Waals surface area contributed by atoms with Gasteiger partial charge in [-0.15, -0.1) is 0 Å². The number of Topliss-reactive ketones (excluding diaryl/α,β-unsaturated/α-hetero) is 1. The third-order valence-corrected chi connectivity index (χ3v) is 5.49. The molecule has 0 aromatic heterocycles. The number of amides is 1. The third-order valence-electron chi connectivity index (χ3n) is 5.49. The van der Waals surface area contributed by atoms with Crippen molar-refractivity contribution in [1.29, 1.82) is 0 Å². The highest BCUT2D eigenvalue weighted by atomic mass is 16.6. The van der Waals surface area contributed by atoms with E-state index < -0.39 is 23.1 Å². The number of benzene rings is 2. The molecule has 5 nitrogen and oxygen atoms in total. The predicted molar refractivity (Wildman–Crippen MR) is 102 cm³/mol. The third kappa shape index (κ3) is 3.88. The molecule has 2 atom stereocenters. The fraction of sp³-hybridized carbons (Fsp3) is 0.364. The lowest BCUT2D eigenvalue weighted by Gasteiger charge is -2.48. The summed E-state index contributed by atoms with van der Waals surface area (Å²) in [6.07, 6.45) is 2.01. The van der Waals surface area contributed by atoms with Gasteiger partial charge in [-0.1, -0.05) is 60.7 Å². The summed E-state index contributed by atoms with van der Waals surface area (Å²) in [4.78, 5) is 25.0. The summed E-state index contributed by atoms with van der Waals surface area (Å²) in [5, 5.41) is 11.5. The standard InChI is InChI=1S/C22H25NO4/c23-20(25)27-21(16-13-17-9-3-1-4-10-17)14-7-8-15-22(21,26)19(24)18-11-5-2-6-12-18/h1-6,9-12,26H,7-8,13-16H2,(H2,23,25). The zero-order valence-electron chi connectivity index (χ0n) is 15.3. The number of carbonyl (C=O) groups is 2. The average molecular weight is 367 g/mol. The molecule has 1 amide bonds. The van der Waals surface area contributed by atoms with Gasteiger partial charge in [0.05, 0.1) is 0 Å². The summed E-state index contributed by atoms with van der Waals surface area (Å²) in [5.41, 5.74) is 3.67. The number of nitrogens with two attached hydrogens (primary N) is 1. The molecule has 3 rings (SSSR count). The maximum absolute atomic E-state index is 13.2. The number of ether oxygens (including phenoxy) is 1. The van der Waals surface area contributed by atoms with E-state index in [1.54, 1.807) is 24.3 Å². The minimum Gasteiger partial charge on any atom is -0.439 e. The van der Waals surface area contributed by atoms with Crippen molar-refractivity contribution in [3.05, 3.63) is 71.8 Å². The number of primary amides is 1. The minimum atomic E-state index is -1.80. The predicted octanol–water partition coefficient (Wildman–Crippen LogP) is 3.64. The molecule has 142 valence electrons. The van der Waals surface area contributed by atoms with Crippen molar-refractivity contribution in [2.75, 3.05) is 0 Å². The van der Waals surface area contributed by atoms with Gasteiger partial charge in [0.25, 0.3) is 0 Å². The van der Waals surface area contributed by atoms with Gasteiger partial charge < -0.3 is 15.6 Å². The normalized spacial score (nSPS) is 24.9. The molecule has 1 aliphatic carbocycles. The van der Waals surface area contributed by atoms with Crippen LogP contribution in [0.15, 0.2) is 60.7 Å². The zero-order valence-corrected chi connectivity index (χ0v) is 15.3. The maximum Gasteiger partial charge on any atom is 0.405 e. The topological polar surface area (TPSA) is 89.6 Å². The summed E-state index contributed by atoms with van der Waals surface area (Å²) in [5.74, 6) is -0.419. The lowest BCUT2D eigenvalue weighted by molar-refractivity contribution is -0.151. The Balaban J connectivity index is 1.97. The molecule has 1 fully saturated rings. The van der Waals surface area contributed by atoms with E-state index in [1.165, 1.54) is 0 Å². The summed E-state index contributed by atoms with van der Waals surface area (Å²) in [7, 11) is 0. The second-order valence-corrected chi connectivity index (χ2v) is 7.16. The van der Waals surface area contributed by atoms with Crippen LogP contribution in [0.25, 0.3) is 0 Å². The summed E-state index contributed by atoms with van der Waals surface area (Å²) >= 11 is 0. The van der Waals surface area contributed by atoms with Crippen LogP contribution >= 0.6 is 0 Å². The molecular weight excluding hydrogens is 342 g/mol. The number of ketones is 1. The molecule has 2 aromatic rings. The number of aliphatic hydroxyl groups is 1. The lowest BCUT2D eigenvalue weighted by Crippen LogP contribution is -2.63. The van der Waals surface area contributed by atoms with Crippen LogP contribution in [0, 0.1) is 0 Å². The van der Waals surface area contributed by atoms with Gasteiger partial charge in [0.15, 0.2) is 17.0 Å². The van der Waals surface area contributed by atoms with Crippen molar-refractivity contribution in [3.63, 3.8) is 0 Å². The van der Waals surface area contributed by atoms with Gasteiger partial charge in [-0.05, 0) is 44.1 Å². The Labute approximate surface area is 159 Å².